The van der Waals surface area contributed by atoms with Crippen molar-refractivity contribution in [3.8, 4) is 16.8 Å². The first-order chi connectivity index (χ1) is 17.1. The highest BCUT2D eigenvalue weighted by Gasteiger charge is 2.35. The largest absolute Gasteiger partial charge is 0.306 e. The monoisotopic (exact) mass is 466 g/mol. The SMILES string of the molecule is CC1(C)c2ccccc2-c2cc3ccc4c5ccccc5n(-c5cccc6scnc56)c4c3cc21. The van der Waals surface area contributed by atoms with Gasteiger partial charge in [0.15, 0.2) is 0 Å². The molecule has 0 N–H and O–H groups in total. The van der Waals surface area contributed by atoms with Crippen LogP contribution >= 0.6 is 11.3 Å². The molecule has 0 unspecified atom stereocenters. The highest BCUT2D eigenvalue weighted by atomic mass is 32.1. The lowest BCUT2D eigenvalue weighted by atomic mass is 9.82. The lowest BCUT2D eigenvalue weighted by Crippen LogP contribution is -2.14. The van der Waals surface area contributed by atoms with Gasteiger partial charge in [0.2, 0.25) is 0 Å². The quantitative estimate of drug-likeness (QED) is 0.236. The Morgan fingerprint density at radius 3 is 2.51 bits per heavy atom. The minimum Gasteiger partial charge on any atom is -0.306 e. The number of fused-ring (bicyclic) bond motifs is 9. The van der Waals surface area contributed by atoms with Gasteiger partial charge in [-0.15, -0.1) is 11.3 Å². The number of benzene rings is 5. The van der Waals surface area contributed by atoms with Gasteiger partial charge in [0.05, 0.1) is 26.9 Å². The summed E-state index contributed by atoms with van der Waals surface area (Å²) in [5.41, 5.74) is 12.1. The fourth-order valence-electron chi connectivity index (χ4n) is 6.28. The maximum absolute atomic E-state index is 4.77. The smallest absolute Gasteiger partial charge is 0.105 e. The number of hydrogen-bond donors (Lipinski definition) is 0. The zero-order valence-electron chi connectivity index (χ0n) is 19.5. The Kier molecular flexibility index (Phi) is 3.64. The molecule has 0 atom stereocenters. The fraction of sp³-hybridized carbons (Fsp3) is 0.0938. The number of nitrogens with zero attached hydrogens (tertiary/aromatic N) is 2. The van der Waals surface area contributed by atoms with Crippen molar-refractivity contribution in [2.45, 2.75) is 19.3 Å². The lowest BCUT2D eigenvalue weighted by Gasteiger charge is -2.22. The molecule has 5 aromatic carbocycles. The Bertz CT molecular complexity index is 1990. The van der Waals surface area contributed by atoms with Crippen molar-refractivity contribution in [2.24, 2.45) is 0 Å². The Morgan fingerprint density at radius 2 is 1.57 bits per heavy atom. The summed E-state index contributed by atoms with van der Waals surface area (Å²) in [5.74, 6) is 0. The maximum Gasteiger partial charge on any atom is 0.105 e. The topological polar surface area (TPSA) is 17.8 Å². The van der Waals surface area contributed by atoms with Crippen LogP contribution in [0.1, 0.15) is 25.0 Å². The normalized spacial score (nSPS) is 14.2. The van der Waals surface area contributed by atoms with E-state index in [1.54, 1.807) is 11.3 Å². The van der Waals surface area contributed by atoms with Crippen LogP contribution in [-0.2, 0) is 5.41 Å². The third-order valence-electron chi connectivity index (χ3n) is 7.93. The van der Waals surface area contributed by atoms with Crippen LogP contribution in [0.4, 0.5) is 0 Å². The molecular weight excluding hydrogens is 444 g/mol. The van der Waals surface area contributed by atoms with E-state index in [9.17, 15) is 0 Å². The molecule has 166 valence electrons. The second-order valence-corrected chi connectivity index (χ2v) is 11.0. The Hall–Kier alpha value is -3.95. The molecule has 2 heterocycles. The number of thiazole rings is 1. The van der Waals surface area contributed by atoms with Crippen molar-refractivity contribution in [3.63, 3.8) is 0 Å². The van der Waals surface area contributed by atoms with E-state index in [1.807, 2.05) is 5.51 Å². The van der Waals surface area contributed by atoms with Gasteiger partial charge >= 0.3 is 0 Å². The van der Waals surface area contributed by atoms with Crippen LogP contribution in [-0.4, -0.2) is 9.55 Å². The number of aromatic nitrogens is 2. The van der Waals surface area contributed by atoms with Crippen LogP contribution in [0.3, 0.4) is 0 Å². The van der Waals surface area contributed by atoms with Gasteiger partial charge in [0, 0.05) is 21.6 Å². The summed E-state index contributed by atoms with van der Waals surface area (Å²) in [7, 11) is 0. The summed E-state index contributed by atoms with van der Waals surface area (Å²) in [5, 5.41) is 5.14. The molecule has 7 aromatic rings. The number of hydrogen-bond acceptors (Lipinski definition) is 2. The second-order valence-electron chi connectivity index (χ2n) is 10.1. The first kappa shape index (κ1) is 19.4. The average Bonchev–Trinajstić information content (AvgIpc) is 3.56. The van der Waals surface area contributed by atoms with Gasteiger partial charge in [-0.1, -0.05) is 74.5 Å². The van der Waals surface area contributed by atoms with Gasteiger partial charge < -0.3 is 4.57 Å². The molecule has 0 spiro atoms. The molecule has 1 aliphatic rings. The summed E-state index contributed by atoms with van der Waals surface area (Å²) >= 11 is 1.70. The molecule has 0 saturated carbocycles. The molecule has 0 amide bonds. The molecule has 8 rings (SSSR count). The van der Waals surface area contributed by atoms with Gasteiger partial charge in [0.25, 0.3) is 0 Å². The van der Waals surface area contributed by atoms with Crippen LogP contribution in [0.5, 0.6) is 0 Å². The van der Waals surface area contributed by atoms with Gasteiger partial charge in [-0.05, 0) is 58.0 Å². The summed E-state index contributed by atoms with van der Waals surface area (Å²) < 4.78 is 3.66. The first-order valence-electron chi connectivity index (χ1n) is 12.1. The van der Waals surface area contributed by atoms with Crippen LogP contribution in [0.25, 0.3) is 59.6 Å². The molecule has 0 aliphatic heterocycles. The van der Waals surface area contributed by atoms with Crippen LogP contribution in [0.2, 0.25) is 0 Å². The van der Waals surface area contributed by atoms with E-state index in [0.29, 0.717) is 0 Å². The third-order valence-corrected chi connectivity index (χ3v) is 8.73. The molecule has 35 heavy (non-hydrogen) atoms. The van der Waals surface area contributed by atoms with E-state index in [2.05, 4.69) is 109 Å². The van der Waals surface area contributed by atoms with Crippen molar-refractivity contribution in [3.05, 3.63) is 108 Å². The molecule has 0 saturated heterocycles. The average molecular weight is 467 g/mol. The molecule has 0 fully saturated rings. The molecule has 0 bridgehead atoms. The van der Waals surface area contributed by atoms with E-state index in [-0.39, 0.29) is 5.41 Å². The highest BCUT2D eigenvalue weighted by Crippen LogP contribution is 2.50. The predicted molar refractivity (Wildman–Crippen MR) is 149 cm³/mol. The van der Waals surface area contributed by atoms with Gasteiger partial charge in [0.1, 0.15) is 5.52 Å². The minimum atomic E-state index is -0.0337. The summed E-state index contributed by atoms with van der Waals surface area (Å²) in [6.45, 7) is 4.71. The molecular formula is C32H22N2S. The van der Waals surface area contributed by atoms with Gasteiger partial charge in [-0.2, -0.15) is 0 Å². The molecule has 0 radical (unpaired) electrons. The molecule has 2 nitrogen and oxygen atoms in total. The van der Waals surface area contributed by atoms with Crippen molar-refractivity contribution in [2.75, 3.05) is 0 Å². The van der Waals surface area contributed by atoms with E-state index in [1.165, 1.54) is 59.5 Å². The predicted octanol–water partition coefficient (Wildman–Crippen LogP) is 8.85. The van der Waals surface area contributed by atoms with Crippen molar-refractivity contribution in [1.29, 1.82) is 0 Å². The Morgan fingerprint density at radius 1 is 0.714 bits per heavy atom. The second kappa shape index (κ2) is 6.59. The third kappa shape index (κ3) is 2.41. The van der Waals surface area contributed by atoms with Crippen LogP contribution < -0.4 is 0 Å². The first-order valence-corrected chi connectivity index (χ1v) is 12.9. The van der Waals surface area contributed by atoms with Crippen molar-refractivity contribution >= 4 is 54.1 Å². The van der Waals surface area contributed by atoms with Crippen molar-refractivity contribution < 1.29 is 0 Å². The Balaban J connectivity index is 1.57. The zero-order valence-corrected chi connectivity index (χ0v) is 20.4. The van der Waals surface area contributed by atoms with Crippen molar-refractivity contribution in [1.82, 2.24) is 9.55 Å². The number of rotatable bonds is 1. The standard InChI is InChI=1S/C32H22N2S/c1-32(2)25-10-5-3-8-20(25)24-16-19-14-15-22-21-9-4-6-11-27(21)34(31(22)23(19)17-26(24)32)28-12-7-13-29-30(28)33-18-35-29/h3-18H,1-2H3. The highest BCUT2D eigenvalue weighted by molar-refractivity contribution is 7.16. The number of para-hydroxylation sites is 2. The Labute approximate surface area is 207 Å². The van der Waals surface area contributed by atoms with E-state index < -0.39 is 0 Å². The summed E-state index contributed by atoms with van der Waals surface area (Å²) in [6, 6.07) is 33.6. The van der Waals surface area contributed by atoms with Gasteiger partial charge in [-0.25, -0.2) is 4.98 Å². The summed E-state index contributed by atoms with van der Waals surface area (Å²) in [6.07, 6.45) is 0. The zero-order chi connectivity index (χ0) is 23.3. The van der Waals surface area contributed by atoms with E-state index >= 15 is 0 Å². The van der Waals surface area contributed by atoms with Crippen LogP contribution in [0, 0.1) is 0 Å². The molecule has 2 aromatic heterocycles. The van der Waals surface area contributed by atoms with E-state index in [4.69, 9.17) is 4.98 Å². The van der Waals surface area contributed by atoms with Crippen LogP contribution in [0.15, 0.2) is 96.5 Å². The van der Waals surface area contributed by atoms with E-state index in [0.717, 1.165) is 11.2 Å². The molecule has 3 heteroatoms. The minimum absolute atomic E-state index is 0.0337. The van der Waals surface area contributed by atoms with Gasteiger partial charge in [-0.3, -0.25) is 0 Å². The lowest BCUT2D eigenvalue weighted by molar-refractivity contribution is 0.661. The summed E-state index contributed by atoms with van der Waals surface area (Å²) in [4.78, 5) is 4.77. The molecule has 1 aliphatic carbocycles. The maximum atomic E-state index is 4.77. The fourth-order valence-corrected chi connectivity index (χ4v) is 6.98.